The third kappa shape index (κ3) is 2.02. The van der Waals surface area contributed by atoms with E-state index < -0.39 is 0 Å². The van der Waals surface area contributed by atoms with Crippen molar-refractivity contribution in [3.63, 3.8) is 0 Å². The number of fused-ring (bicyclic) bond motifs is 2. The molecule has 0 radical (unpaired) electrons. The van der Waals surface area contributed by atoms with Gasteiger partial charge in [-0.2, -0.15) is 0 Å². The maximum absolute atomic E-state index is 12.7. The molecule has 2 aliphatic heterocycles. The molecule has 0 aromatic heterocycles. The highest BCUT2D eigenvalue weighted by molar-refractivity contribution is 6.03. The minimum absolute atomic E-state index is 0.000651. The van der Waals surface area contributed by atoms with E-state index >= 15 is 0 Å². The Kier molecular flexibility index (Phi) is 2.79. The molecule has 0 bridgehead atoms. The summed E-state index contributed by atoms with van der Waals surface area (Å²) in [5, 5.41) is 0. The topological polar surface area (TPSA) is 62.4 Å². The second kappa shape index (κ2) is 4.79. The number of hydroxylamine groups is 1. The molecular weight excluding hydrogens is 266 g/mol. The number of para-hydroxylation sites is 1. The smallest absolute Gasteiger partial charge is 0.201 e. The number of Topliss-reactive ketones (excluding diaryl/α,β-unsaturated/α-hetero) is 1. The van der Waals surface area contributed by atoms with Gasteiger partial charge in [0.25, 0.3) is 0 Å². The largest absolute Gasteiger partial charge is 0.381 e. The van der Waals surface area contributed by atoms with E-state index in [1.54, 1.807) is 0 Å². The van der Waals surface area contributed by atoms with Crippen LogP contribution in [0.2, 0.25) is 0 Å². The summed E-state index contributed by atoms with van der Waals surface area (Å²) in [4.78, 5) is 18.1. The highest BCUT2D eigenvalue weighted by Crippen LogP contribution is 2.29. The number of hydrogen-bond acceptors (Lipinski definition) is 5. The van der Waals surface area contributed by atoms with Crippen LogP contribution >= 0.6 is 0 Å². The SMILES string of the molecule is O=C(C1=Cc2ccccc2ON1)C1NNC2=CC=CCC21. The van der Waals surface area contributed by atoms with Crippen molar-refractivity contribution in [2.75, 3.05) is 0 Å². The maximum atomic E-state index is 12.7. The predicted octanol–water partition coefficient (Wildman–Crippen LogP) is 1.43. The highest BCUT2D eigenvalue weighted by atomic mass is 16.6. The minimum atomic E-state index is -0.284. The number of carbonyl (C=O) groups excluding carboxylic acids is 1. The van der Waals surface area contributed by atoms with Gasteiger partial charge in [0.1, 0.15) is 5.70 Å². The first-order chi connectivity index (χ1) is 10.3. The summed E-state index contributed by atoms with van der Waals surface area (Å²) in [5.74, 6) is 0.885. The molecule has 4 rings (SSSR count). The van der Waals surface area contributed by atoms with E-state index in [2.05, 4.69) is 22.4 Å². The van der Waals surface area contributed by atoms with Crippen LogP contribution in [-0.4, -0.2) is 11.8 Å². The molecule has 1 aliphatic carbocycles. The van der Waals surface area contributed by atoms with Gasteiger partial charge in [-0.05, 0) is 24.6 Å². The van der Waals surface area contributed by atoms with Crippen LogP contribution in [-0.2, 0) is 4.79 Å². The molecule has 0 spiro atoms. The summed E-state index contributed by atoms with van der Waals surface area (Å²) in [6, 6.07) is 7.33. The summed E-state index contributed by atoms with van der Waals surface area (Å²) < 4.78 is 0. The van der Waals surface area contributed by atoms with E-state index in [9.17, 15) is 4.79 Å². The van der Waals surface area contributed by atoms with Crippen molar-refractivity contribution in [2.45, 2.75) is 12.5 Å². The van der Waals surface area contributed by atoms with Crippen molar-refractivity contribution in [3.8, 4) is 5.75 Å². The Balaban J connectivity index is 1.60. The molecule has 0 amide bonds. The highest BCUT2D eigenvalue weighted by Gasteiger charge is 2.38. The Morgan fingerprint density at radius 3 is 3.14 bits per heavy atom. The van der Waals surface area contributed by atoms with Crippen LogP contribution in [0.25, 0.3) is 6.08 Å². The maximum Gasteiger partial charge on any atom is 0.201 e. The summed E-state index contributed by atoms with van der Waals surface area (Å²) in [5.41, 5.74) is 11.4. The molecule has 3 N–H and O–H groups in total. The minimum Gasteiger partial charge on any atom is -0.381 e. The lowest BCUT2D eigenvalue weighted by atomic mass is 9.88. The molecule has 5 heteroatoms. The van der Waals surface area contributed by atoms with Crippen molar-refractivity contribution in [1.82, 2.24) is 16.3 Å². The fraction of sp³-hybridized carbons (Fsp3) is 0.188. The number of hydrogen-bond donors (Lipinski definition) is 3. The number of hydrazine groups is 1. The molecule has 2 atom stereocenters. The zero-order chi connectivity index (χ0) is 14.2. The quantitative estimate of drug-likeness (QED) is 0.765. The van der Waals surface area contributed by atoms with Gasteiger partial charge in [0.15, 0.2) is 5.75 Å². The zero-order valence-electron chi connectivity index (χ0n) is 11.3. The zero-order valence-corrected chi connectivity index (χ0v) is 11.3. The second-order valence-corrected chi connectivity index (χ2v) is 5.30. The first-order valence-electron chi connectivity index (χ1n) is 6.99. The fourth-order valence-electron chi connectivity index (χ4n) is 2.88. The lowest BCUT2D eigenvalue weighted by molar-refractivity contribution is -0.119. The van der Waals surface area contributed by atoms with Gasteiger partial charge in [-0.25, -0.2) is 10.9 Å². The monoisotopic (exact) mass is 281 g/mol. The van der Waals surface area contributed by atoms with Gasteiger partial charge < -0.3 is 10.3 Å². The number of rotatable bonds is 2. The lowest BCUT2D eigenvalue weighted by Crippen LogP contribution is -2.43. The number of benzene rings is 1. The van der Waals surface area contributed by atoms with Crippen molar-refractivity contribution in [3.05, 3.63) is 59.5 Å². The summed E-state index contributed by atoms with van der Waals surface area (Å²) in [6.45, 7) is 0. The molecule has 21 heavy (non-hydrogen) atoms. The number of carbonyl (C=O) groups is 1. The molecule has 1 fully saturated rings. The molecule has 5 nitrogen and oxygen atoms in total. The van der Waals surface area contributed by atoms with Crippen molar-refractivity contribution >= 4 is 11.9 Å². The van der Waals surface area contributed by atoms with Crippen molar-refractivity contribution in [1.29, 1.82) is 0 Å². The molecule has 2 heterocycles. The van der Waals surface area contributed by atoms with Gasteiger partial charge in [0.05, 0.1) is 6.04 Å². The Bertz CT molecular complexity index is 691. The second-order valence-electron chi connectivity index (χ2n) is 5.30. The van der Waals surface area contributed by atoms with Gasteiger partial charge in [-0.1, -0.05) is 30.4 Å². The first kappa shape index (κ1) is 12.2. The van der Waals surface area contributed by atoms with E-state index in [-0.39, 0.29) is 17.7 Å². The molecule has 2 unspecified atom stereocenters. The molecule has 3 aliphatic rings. The summed E-state index contributed by atoms with van der Waals surface area (Å²) >= 11 is 0. The Hall–Kier alpha value is -2.53. The van der Waals surface area contributed by atoms with E-state index in [1.165, 1.54) is 0 Å². The Morgan fingerprint density at radius 2 is 2.19 bits per heavy atom. The number of nitrogens with one attached hydrogen (secondary N) is 3. The van der Waals surface area contributed by atoms with Crippen LogP contribution < -0.4 is 21.2 Å². The average molecular weight is 281 g/mol. The molecule has 1 aromatic carbocycles. The lowest BCUT2D eigenvalue weighted by Gasteiger charge is -2.22. The standard InChI is InChI=1S/C16H15N3O2/c20-16(15-11-6-2-3-7-12(11)17-18-15)13-9-10-5-1-4-8-14(10)21-19-13/h1-5,7-9,11,15,17-19H,6H2. The molecule has 1 aromatic rings. The van der Waals surface area contributed by atoms with Crippen LogP contribution in [0.15, 0.2) is 53.9 Å². The average Bonchev–Trinajstić information content (AvgIpc) is 2.98. The summed E-state index contributed by atoms with van der Waals surface area (Å²) in [7, 11) is 0. The first-order valence-corrected chi connectivity index (χ1v) is 6.99. The van der Waals surface area contributed by atoms with Crippen molar-refractivity contribution < 1.29 is 9.63 Å². The number of allylic oxidation sites excluding steroid dienone is 3. The van der Waals surface area contributed by atoms with E-state index in [4.69, 9.17) is 4.84 Å². The third-order valence-electron chi connectivity index (χ3n) is 4.01. The van der Waals surface area contributed by atoms with Crippen molar-refractivity contribution in [2.24, 2.45) is 5.92 Å². The van der Waals surface area contributed by atoms with Gasteiger partial charge in [0.2, 0.25) is 5.78 Å². The fourth-order valence-corrected chi connectivity index (χ4v) is 2.88. The van der Waals surface area contributed by atoms with Gasteiger partial charge in [0, 0.05) is 17.2 Å². The van der Waals surface area contributed by atoms with Crippen LogP contribution in [0.3, 0.4) is 0 Å². The van der Waals surface area contributed by atoms with E-state index in [1.807, 2.05) is 42.5 Å². The van der Waals surface area contributed by atoms with Gasteiger partial charge >= 0.3 is 0 Å². The van der Waals surface area contributed by atoms with Gasteiger partial charge in [-0.15, -0.1) is 0 Å². The van der Waals surface area contributed by atoms with Crippen LogP contribution in [0.1, 0.15) is 12.0 Å². The predicted molar refractivity (Wildman–Crippen MR) is 78.6 cm³/mol. The van der Waals surface area contributed by atoms with Crippen LogP contribution in [0, 0.1) is 5.92 Å². The molecular formula is C16H15N3O2. The van der Waals surface area contributed by atoms with Crippen LogP contribution in [0.4, 0.5) is 0 Å². The van der Waals surface area contributed by atoms with Crippen LogP contribution in [0.5, 0.6) is 5.75 Å². The van der Waals surface area contributed by atoms with E-state index in [0.29, 0.717) is 5.70 Å². The molecule has 0 saturated carbocycles. The molecule has 106 valence electrons. The number of ketones is 1. The summed E-state index contributed by atoms with van der Waals surface area (Å²) in [6.07, 6.45) is 8.78. The van der Waals surface area contributed by atoms with Gasteiger partial charge in [-0.3, -0.25) is 4.79 Å². The molecule has 1 saturated heterocycles. The normalized spacial score (nSPS) is 25.5. The third-order valence-corrected chi connectivity index (χ3v) is 4.01. The Labute approximate surface area is 122 Å². The van der Waals surface area contributed by atoms with E-state index in [0.717, 1.165) is 23.4 Å². The Morgan fingerprint density at radius 1 is 1.29 bits per heavy atom.